The van der Waals surface area contributed by atoms with Crippen LogP contribution in [-0.2, 0) is 4.74 Å². The largest absolute Gasteiger partial charge is 0.464 e. The van der Waals surface area contributed by atoms with E-state index in [1.165, 1.54) is 0 Å². The van der Waals surface area contributed by atoms with Crippen LogP contribution < -0.4 is 21.3 Å². The molecule has 0 bridgehead atoms. The predicted molar refractivity (Wildman–Crippen MR) is 77.6 cm³/mol. The lowest BCUT2D eigenvalue weighted by Crippen LogP contribution is -2.26. The predicted octanol–water partition coefficient (Wildman–Crippen LogP) is 1.03. The summed E-state index contributed by atoms with van der Waals surface area (Å²) in [6.07, 6.45) is 0.932. The Morgan fingerprint density at radius 2 is 1.90 bits per heavy atom. The summed E-state index contributed by atoms with van der Waals surface area (Å²) >= 11 is 0. The second-order valence-corrected chi connectivity index (χ2v) is 5.10. The molecule has 0 aromatic carbocycles. The van der Waals surface area contributed by atoms with Gasteiger partial charge in [0, 0.05) is 20.3 Å². The molecule has 20 heavy (non-hydrogen) atoms. The van der Waals surface area contributed by atoms with E-state index in [-0.39, 0.29) is 17.4 Å². The number of hydrazine groups is 1. The van der Waals surface area contributed by atoms with E-state index in [9.17, 15) is 0 Å². The molecule has 114 valence electrons. The standard InChI is InChI=1S/C12H24N6O2/c1-5-20-11-16-9(15-10(17-11)18-13)14-8-12(2,3)6-7-19-4/h5-8,13H2,1-4H3,(H2,14,15,16,17,18). The Morgan fingerprint density at radius 3 is 2.50 bits per heavy atom. The SMILES string of the molecule is CCOc1nc(NN)nc(NCC(C)(C)CCOC)n1. The van der Waals surface area contributed by atoms with Crippen LogP contribution in [0.5, 0.6) is 6.01 Å². The fraction of sp³-hybridized carbons (Fsp3) is 0.750. The molecule has 0 aliphatic rings. The molecule has 1 aromatic rings. The molecule has 0 fully saturated rings. The zero-order chi connectivity index (χ0) is 15.0. The van der Waals surface area contributed by atoms with E-state index in [1.807, 2.05) is 6.92 Å². The maximum Gasteiger partial charge on any atom is 0.323 e. The fourth-order valence-electron chi connectivity index (χ4n) is 1.48. The number of nitrogens with two attached hydrogens (primary N) is 1. The van der Waals surface area contributed by atoms with E-state index in [4.69, 9.17) is 15.3 Å². The summed E-state index contributed by atoms with van der Waals surface area (Å²) in [5.41, 5.74) is 2.46. The Balaban J connectivity index is 2.68. The second-order valence-electron chi connectivity index (χ2n) is 5.10. The molecule has 0 amide bonds. The highest BCUT2D eigenvalue weighted by atomic mass is 16.5. The zero-order valence-electron chi connectivity index (χ0n) is 12.6. The number of methoxy groups -OCH3 is 1. The summed E-state index contributed by atoms with van der Waals surface area (Å²) in [6, 6.07) is 0.243. The van der Waals surface area contributed by atoms with Gasteiger partial charge in [-0.15, -0.1) is 0 Å². The van der Waals surface area contributed by atoms with Crippen molar-refractivity contribution in [1.82, 2.24) is 15.0 Å². The number of aromatic nitrogens is 3. The molecule has 0 radical (unpaired) electrons. The van der Waals surface area contributed by atoms with Gasteiger partial charge in [0.1, 0.15) is 0 Å². The molecular weight excluding hydrogens is 260 g/mol. The maximum atomic E-state index is 5.33. The number of nitrogens with zero attached hydrogens (tertiary/aromatic N) is 3. The topological polar surface area (TPSA) is 107 Å². The van der Waals surface area contributed by atoms with Crippen LogP contribution in [0.4, 0.5) is 11.9 Å². The lowest BCUT2D eigenvalue weighted by Gasteiger charge is -2.24. The highest BCUT2D eigenvalue weighted by Crippen LogP contribution is 2.21. The van der Waals surface area contributed by atoms with Gasteiger partial charge in [0.25, 0.3) is 0 Å². The van der Waals surface area contributed by atoms with Crippen LogP contribution in [-0.4, -0.2) is 41.8 Å². The minimum atomic E-state index is 0.0602. The molecule has 1 rings (SSSR count). The minimum absolute atomic E-state index is 0.0602. The smallest absolute Gasteiger partial charge is 0.323 e. The third-order valence-electron chi connectivity index (χ3n) is 2.73. The Morgan fingerprint density at radius 1 is 1.20 bits per heavy atom. The van der Waals surface area contributed by atoms with E-state index in [0.29, 0.717) is 25.7 Å². The maximum absolute atomic E-state index is 5.33. The highest BCUT2D eigenvalue weighted by Gasteiger charge is 2.18. The van der Waals surface area contributed by atoms with Crippen molar-refractivity contribution in [3.8, 4) is 6.01 Å². The summed E-state index contributed by atoms with van der Waals surface area (Å²) in [5.74, 6) is 6.03. The average Bonchev–Trinajstić information content (AvgIpc) is 2.43. The van der Waals surface area contributed by atoms with Gasteiger partial charge in [-0.25, -0.2) is 5.84 Å². The molecule has 8 nitrogen and oxygen atoms in total. The van der Waals surface area contributed by atoms with Crippen molar-refractivity contribution in [3.05, 3.63) is 0 Å². The van der Waals surface area contributed by atoms with E-state index in [1.54, 1.807) is 7.11 Å². The first-order valence-electron chi connectivity index (χ1n) is 6.59. The first-order chi connectivity index (χ1) is 9.50. The summed E-state index contributed by atoms with van der Waals surface area (Å²) in [4.78, 5) is 12.3. The molecule has 0 saturated heterocycles. The lowest BCUT2D eigenvalue weighted by atomic mass is 9.90. The van der Waals surface area contributed by atoms with Gasteiger partial charge in [0.05, 0.1) is 6.61 Å². The normalized spacial score (nSPS) is 11.2. The van der Waals surface area contributed by atoms with Crippen LogP contribution in [0.15, 0.2) is 0 Å². The Labute approximate surface area is 119 Å². The van der Waals surface area contributed by atoms with Crippen LogP contribution in [0.25, 0.3) is 0 Å². The van der Waals surface area contributed by atoms with Gasteiger partial charge < -0.3 is 14.8 Å². The minimum Gasteiger partial charge on any atom is -0.464 e. The van der Waals surface area contributed by atoms with Crippen molar-refractivity contribution in [3.63, 3.8) is 0 Å². The average molecular weight is 284 g/mol. The van der Waals surface area contributed by atoms with Gasteiger partial charge in [-0.3, -0.25) is 5.43 Å². The van der Waals surface area contributed by atoms with Gasteiger partial charge in [-0.05, 0) is 18.8 Å². The van der Waals surface area contributed by atoms with Gasteiger partial charge in [-0.2, -0.15) is 15.0 Å². The van der Waals surface area contributed by atoms with Crippen LogP contribution >= 0.6 is 0 Å². The van der Waals surface area contributed by atoms with Crippen molar-refractivity contribution in [2.24, 2.45) is 11.3 Å². The molecule has 8 heteroatoms. The number of hydrogen-bond donors (Lipinski definition) is 3. The molecule has 1 aromatic heterocycles. The second kappa shape index (κ2) is 7.81. The number of ether oxygens (including phenoxy) is 2. The van der Waals surface area contributed by atoms with Gasteiger partial charge in [0.2, 0.25) is 11.9 Å². The van der Waals surface area contributed by atoms with Gasteiger partial charge >= 0.3 is 6.01 Å². The Hall–Kier alpha value is -1.67. The quantitative estimate of drug-likeness (QED) is 0.456. The Bertz CT molecular complexity index is 413. The first-order valence-corrected chi connectivity index (χ1v) is 6.59. The summed E-state index contributed by atoms with van der Waals surface area (Å²) in [7, 11) is 1.70. The third-order valence-corrected chi connectivity index (χ3v) is 2.73. The van der Waals surface area contributed by atoms with E-state index in [2.05, 4.69) is 39.5 Å². The van der Waals surface area contributed by atoms with Crippen molar-refractivity contribution in [1.29, 1.82) is 0 Å². The fourth-order valence-corrected chi connectivity index (χ4v) is 1.48. The number of hydrogen-bond acceptors (Lipinski definition) is 8. The molecule has 0 aliphatic heterocycles. The zero-order valence-corrected chi connectivity index (χ0v) is 12.6. The van der Waals surface area contributed by atoms with Crippen molar-refractivity contribution < 1.29 is 9.47 Å². The van der Waals surface area contributed by atoms with E-state index in [0.717, 1.165) is 6.42 Å². The Kier molecular flexibility index (Phi) is 6.40. The molecule has 0 saturated carbocycles. The lowest BCUT2D eigenvalue weighted by molar-refractivity contribution is 0.157. The van der Waals surface area contributed by atoms with Crippen LogP contribution in [0, 0.1) is 5.41 Å². The third kappa shape index (κ3) is 5.54. The first kappa shape index (κ1) is 16.4. The highest BCUT2D eigenvalue weighted by molar-refractivity contribution is 5.35. The van der Waals surface area contributed by atoms with E-state index >= 15 is 0 Å². The molecule has 0 atom stereocenters. The van der Waals surface area contributed by atoms with Crippen molar-refractivity contribution >= 4 is 11.9 Å². The number of nitrogens with one attached hydrogen (secondary N) is 2. The van der Waals surface area contributed by atoms with Crippen LogP contribution in [0.2, 0.25) is 0 Å². The van der Waals surface area contributed by atoms with Gasteiger partial charge in [0.15, 0.2) is 0 Å². The molecular formula is C12H24N6O2. The molecule has 1 heterocycles. The summed E-state index contributed by atoms with van der Waals surface area (Å²) < 4.78 is 10.4. The number of nitrogen functional groups attached to an aromatic ring is 1. The van der Waals surface area contributed by atoms with E-state index < -0.39 is 0 Å². The number of anilines is 2. The number of rotatable bonds is 9. The van der Waals surface area contributed by atoms with Crippen LogP contribution in [0.3, 0.4) is 0 Å². The van der Waals surface area contributed by atoms with Gasteiger partial charge in [-0.1, -0.05) is 13.8 Å². The van der Waals surface area contributed by atoms with Crippen molar-refractivity contribution in [2.75, 3.05) is 37.6 Å². The van der Waals surface area contributed by atoms with Crippen molar-refractivity contribution in [2.45, 2.75) is 27.2 Å². The monoisotopic (exact) mass is 284 g/mol. The summed E-state index contributed by atoms with van der Waals surface area (Å²) in [5, 5.41) is 3.17. The molecule has 0 spiro atoms. The van der Waals surface area contributed by atoms with Crippen LogP contribution in [0.1, 0.15) is 27.2 Å². The molecule has 0 aliphatic carbocycles. The molecule has 0 unspecified atom stereocenters. The molecule has 4 N–H and O–H groups in total. The summed E-state index contributed by atoms with van der Waals surface area (Å²) in [6.45, 7) is 8.05.